The van der Waals surface area contributed by atoms with Gasteiger partial charge in [0.05, 0.1) is 0 Å². The lowest BCUT2D eigenvalue weighted by Gasteiger charge is -2.09. The molecule has 0 bridgehead atoms. The number of carbonyl (C=O) groups is 1. The van der Waals surface area contributed by atoms with Gasteiger partial charge in [-0.2, -0.15) is 13.2 Å². The van der Waals surface area contributed by atoms with Gasteiger partial charge in [0.2, 0.25) is 11.6 Å². The van der Waals surface area contributed by atoms with Crippen LogP contribution in [0.25, 0.3) is 0 Å². The topological polar surface area (TPSA) is 72.3 Å². The van der Waals surface area contributed by atoms with Crippen molar-refractivity contribution in [2.75, 3.05) is 6.61 Å². The van der Waals surface area contributed by atoms with Crippen molar-refractivity contribution in [3.05, 3.63) is 18.1 Å². The second kappa shape index (κ2) is 4.11. The van der Waals surface area contributed by atoms with Crippen LogP contribution in [0.1, 0.15) is 5.69 Å². The zero-order valence-corrected chi connectivity index (χ0v) is 7.15. The zero-order valence-electron chi connectivity index (χ0n) is 7.15. The molecule has 1 N–H and O–H groups in total. The third kappa shape index (κ3) is 3.08. The van der Waals surface area contributed by atoms with Crippen LogP contribution in [0.2, 0.25) is 0 Å². The lowest BCUT2D eigenvalue weighted by molar-refractivity contribution is -0.146. The average Bonchev–Trinajstić information content (AvgIpc) is 2.13. The number of hydrogen-bond donors (Lipinski definition) is 1. The Balaban J connectivity index is 2.92. The quantitative estimate of drug-likeness (QED) is 0.824. The fraction of sp³-hybridized carbons (Fsp3) is 0.286. The van der Waals surface area contributed by atoms with E-state index in [0.29, 0.717) is 0 Å². The molecule has 0 fully saturated rings. The van der Waals surface area contributed by atoms with Gasteiger partial charge in [-0.15, -0.1) is 0 Å². The van der Waals surface area contributed by atoms with Crippen LogP contribution in [-0.4, -0.2) is 27.7 Å². The van der Waals surface area contributed by atoms with Crippen LogP contribution in [0.3, 0.4) is 0 Å². The van der Waals surface area contributed by atoms with E-state index in [1.807, 2.05) is 0 Å². The van der Waals surface area contributed by atoms with Crippen molar-refractivity contribution in [1.29, 1.82) is 0 Å². The van der Waals surface area contributed by atoms with Gasteiger partial charge >= 0.3 is 12.1 Å². The monoisotopic (exact) mass is 222 g/mol. The SMILES string of the molecule is O=C(O)COc1nccnc1C(F)(F)F. The number of alkyl halides is 3. The molecule has 1 aromatic heterocycles. The summed E-state index contributed by atoms with van der Waals surface area (Å²) in [4.78, 5) is 16.4. The molecule has 0 aliphatic carbocycles. The zero-order chi connectivity index (χ0) is 11.5. The van der Waals surface area contributed by atoms with Crippen molar-refractivity contribution in [2.45, 2.75) is 6.18 Å². The molecule has 15 heavy (non-hydrogen) atoms. The highest BCUT2D eigenvalue weighted by molar-refractivity contribution is 5.68. The van der Waals surface area contributed by atoms with E-state index in [-0.39, 0.29) is 0 Å². The third-order valence-electron chi connectivity index (χ3n) is 1.27. The molecule has 0 atom stereocenters. The van der Waals surface area contributed by atoms with Gasteiger partial charge in [0.25, 0.3) is 0 Å². The van der Waals surface area contributed by atoms with E-state index in [0.717, 1.165) is 12.4 Å². The second-order valence-corrected chi connectivity index (χ2v) is 2.39. The van der Waals surface area contributed by atoms with Crippen LogP contribution < -0.4 is 4.74 Å². The smallest absolute Gasteiger partial charge is 0.438 e. The Morgan fingerprint density at radius 2 is 2.00 bits per heavy atom. The first-order chi connectivity index (χ1) is 6.91. The summed E-state index contributed by atoms with van der Waals surface area (Å²) in [7, 11) is 0. The standard InChI is InChI=1S/C7H5F3N2O3/c8-7(9,10)5-6(12-2-1-11-5)15-3-4(13)14/h1-2H,3H2,(H,13,14). The molecule has 0 saturated carbocycles. The number of rotatable bonds is 3. The van der Waals surface area contributed by atoms with Crippen LogP contribution in [0.15, 0.2) is 12.4 Å². The Hall–Kier alpha value is -1.86. The molecule has 0 spiro atoms. The number of aliphatic carboxylic acids is 1. The summed E-state index contributed by atoms with van der Waals surface area (Å²) in [5.41, 5.74) is -1.34. The summed E-state index contributed by atoms with van der Waals surface area (Å²) in [6.45, 7) is -0.901. The van der Waals surface area contributed by atoms with Crippen molar-refractivity contribution in [2.24, 2.45) is 0 Å². The predicted octanol–water partition coefficient (Wildman–Crippen LogP) is 0.959. The van der Waals surface area contributed by atoms with E-state index in [2.05, 4.69) is 14.7 Å². The molecule has 0 aliphatic rings. The normalized spacial score (nSPS) is 11.1. The molecule has 0 unspecified atom stereocenters. The maximum Gasteiger partial charge on any atom is 0.438 e. The van der Waals surface area contributed by atoms with E-state index >= 15 is 0 Å². The van der Waals surface area contributed by atoms with Crippen LogP contribution in [0.4, 0.5) is 13.2 Å². The lowest BCUT2D eigenvalue weighted by Crippen LogP contribution is -2.16. The third-order valence-corrected chi connectivity index (χ3v) is 1.27. The minimum atomic E-state index is -4.72. The van der Waals surface area contributed by atoms with Crippen LogP contribution in [0.5, 0.6) is 5.88 Å². The van der Waals surface area contributed by atoms with E-state index < -0.39 is 30.3 Å². The molecule has 82 valence electrons. The summed E-state index contributed by atoms with van der Waals surface area (Å²) in [6, 6.07) is 0. The highest BCUT2D eigenvalue weighted by Gasteiger charge is 2.37. The summed E-state index contributed by atoms with van der Waals surface area (Å²) in [5, 5.41) is 8.21. The summed E-state index contributed by atoms with van der Waals surface area (Å²) in [5.74, 6) is -2.24. The Kier molecular flexibility index (Phi) is 3.08. The number of aromatic nitrogens is 2. The minimum Gasteiger partial charge on any atom is -0.479 e. The van der Waals surface area contributed by atoms with Gasteiger partial charge in [0, 0.05) is 12.4 Å². The highest BCUT2D eigenvalue weighted by Crippen LogP contribution is 2.32. The summed E-state index contributed by atoms with van der Waals surface area (Å²) >= 11 is 0. The predicted molar refractivity (Wildman–Crippen MR) is 40.2 cm³/mol. The maximum absolute atomic E-state index is 12.2. The number of hydrogen-bond acceptors (Lipinski definition) is 4. The van der Waals surface area contributed by atoms with Gasteiger partial charge < -0.3 is 9.84 Å². The highest BCUT2D eigenvalue weighted by atomic mass is 19.4. The van der Waals surface area contributed by atoms with E-state index in [4.69, 9.17) is 5.11 Å². The Bertz CT molecular complexity index is 367. The Morgan fingerprint density at radius 3 is 2.53 bits per heavy atom. The molecule has 0 amide bonds. The molecule has 0 aromatic carbocycles. The largest absolute Gasteiger partial charge is 0.479 e. The number of halogens is 3. The number of nitrogens with zero attached hydrogens (tertiary/aromatic N) is 2. The van der Waals surface area contributed by atoms with Gasteiger partial charge in [0.15, 0.2) is 6.61 Å². The average molecular weight is 222 g/mol. The van der Waals surface area contributed by atoms with Crippen molar-refractivity contribution >= 4 is 5.97 Å². The number of carboxylic acid groups (broad SMARTS) is 1. The molecule has 0 saturated heterocycles. The van der Waals surface area contributed by atoms with E-state index in [1.54, 1.807) is 0 Å². The van der Waals surface area contributed by atoms with Gasteiger partial charge in [-0.3, -0.25) is 0 Å². The minimum absolute atomic E-state index is 0.840. The Morgan fingerprint density at radius 1 is 1.40 bits per heavy atom. The second-order valence-electron chi connectivity index (χ2n) is 2.39. The first kappa shape index (κ1) is 11.2. The van der Waals surface area contributed by atoms with Gasteiger partial charge in [-0.1, -0.05) is 0 Å². The van der Waals surface area contributed by atoms with Crippen molar-refractivity contribution in [3.8, 4) is 5.88 Å². The van der Waals surface area contributed by atoms with Crippen LogP contribution in [-0.2, 0) is 11.0 Å². The van der Waals surface area contributed by atoms with Gasteiger partial charge in [0.1, 0.15) is 0 Å². The lowest BCUT2D eigenvalue weighted by atomic mass is 10.4. The van der Waals surface area contributed by atoms with E-state index in [9.17, 15) is 18.0 Å². The maximum atomic E-state index is 12.2. The summed E-state index contributed by atoms with van der Waals surface area (Å²) < 4.78 is 41.1. The van der Waals surface area contributed by atoms with Gasteiger partial charge in [-0.05, 0) is 0 Å². The molecular formula is C7H5F3N2O3. The molecular weight excluding hydrogens is 217 g/mol. The molecule has 1 aromatic rings. The Labute approximate surface area is 81.5 Å². The van der Waals surface area contributed by atoms with Crippen molar-refractivity contribution in [1.82, 2.24) is 9.97 Å². The number of carboxylic acids is 1. The first-order valence-corrected chi connectivity index (χ1v) is 3.64. The fourth-order valence-electron chi connectivity index (χ4n) is 0.755. The van der Waals surface area contributed by atoms with Crippen molar-refractivity contribution < 1.29 is 27.8 Å². The molecule has 5 nitrogen and oxygen atoms in total. The molecule has 1 rings (SSSR count). The molecule has 1 heterocycles. The van der Waals surface area contributed by atoms with Gasteiger partial charge in [-0.25, -0.2) is 14.8 Å². The number of ether oxygens (including phenoxy) is 1. The van der Waals surface area contributed by atoms with Crippen LogP contribution in [0, 0.1) is 0 Å². The van der Waals surface area contributed by atoms with Crippen molar-refractivity contribution in [3.63, 3.8) is 0 Å². The fourth-order valence-corrected chi connectivity index (χ4v) is 0.755. The molecule has 0 radical (unpaired) electrons. The first-order valence-electron chi connectivity index (χ1n) is 3.64. The summed E-state index contributed by atoms with van der Waals surface area (Å²) in [6.07, 6.45) is -2.90. The van der Waals surface area contributed by atoms with Crippen LogP contribution >= 0.6 is 0 Å². The molecule has 8 heteroatoms. The van der Waals surface area contributed by atoms with E-state index in [1.165, 1.54) is 0 Å². The molecule has 0 aliphatic heterocycles.